The van der Waals surface area contributed by atoms with Crippen LogP contribution in [0.25, 0.3) is 10.2 Å². The Morgan fingerprint density at radius 3 is 2.77 bits per heavy atom. The van der Waals surface area contributed by atoms with Gasteiger partial charge < -0.3 is 5.32 Å². The first kappa shape index (κ1) is 18.7. The van der Waals surface area contributed by atoms with Crippen LogP contribution in [0.4, 0.5) is 18.9 Å². The van der Waals surface area contributed by atoms with Crippen molar-refractivity contribution >= 4 is 44.9 Å². The maximum atomic E-state index is 12.2. The van der Waals surface area contributed by atoms with E-state index in [9.17, 15) is 18.0 Å². The fourth-order valence-electron chi connectivity index (χ4n) is 2.16. The summed E-state index contributed by atoms with van der Waals surface area (Å²) >= 11 is 2.39. The quantitative estimate of drug-likeness (QED) is 0.634. The third-order valence-electron chi connectivity index (χ3n) is 3.58. The second-order valence-corrected chi connectivity index (χ2v) is 8.00. The minimum Gasteiger partial charge on any atom is -0.321 e. The van der Waals surface area contributed by atoms with Gasteiger partial charge in [0.05, 0.1) is 16.6 Å². The van der Waals surface area contributed by atoms with Crippen molar-refractivity contribution in [2.45, 2.75) is 23.9 Å². The number of benzene rings is 1. The van der Waals surface area contributed by atoms with Crippen LogP contribution in [0, 0.1) is 6.92 Å². The van der Waals surface area contributed by atoms with Crippen molar-refractivity contribution in [3.63, 3.8) is 0 Å². The second-order valence-electron chi connectivity index (χ2n) is 5.62. The number of fused-ring (bicyclic) bond motifs is 1. The lowest BCUT2D eigenvalue weighted by atomic mass is 10.3. The number of hydrogen-bond donors (Lipinski definition) is 1. The smallest absolute Gasteiger partial charge is 0.321 e. The van der Waals surface area contributed by atoms with Crippen molar-refractivity contribution in [2.75, 3.05) is 11.1 Å². The lowest BCUT2D eigenvalue weighted by molar-refractivity contribution is -0.129. The molecule has 5 nitrogen and oxygen atoms in total. The molecule has 1 aromatic carbocycles. The van der Waals surface area contributed by atoms with Crippen molar-refractivity contribution < 1.29 is 18.0 Å². The van der Waals surface area contributed by atoms with Crippen molar-refractivity contribution in [3.8, 4) is 0 Å². The highest BCUT2D eigenvalue weighted by Gasteiger charge is 2.26. The van der Waals surface area contributed by atoms with E-state index in [-0.39, 0.29) is 11.7 Å². The van der Waals surface area contributed by atoms with Crippen LogP contribution in [-0.4, -0.2) is 32.6 Å². The zero-order valence-electron chi connectivity index (χ0n) is 13.9. The van der Waals surface area contributed by atoms with Crippen molar-refractivity contribution in [3.05, 3.63) is 35.7 Å². The summed E-state index contributed by atoms with van der Waals surface area (Å²) in [5.74, 6) is -0.385. The second kappa shape index (κ2) is 7.28. The van der Waals surface area contributed by atoms with Crippen LogP contribution in [0.5, 0.6) is 0 Å². The van der Waals surface area contributed by atoms with E-state index in [1.807, 2.05) is 6.92 Å². The van der Waals surface area contributed by atoms with Gasteiger partial charge in [0.1, 0.15) is 0 Å². The predicted molar refractivity (Wildman–Crippen MR) is 96.9 cm³/mol. The first-order chi connectivity index (χ1) is 12.2. The molecule has 10 heteroatoms. The van der Waals surface area contributed by atoms with Crippen LogP contribution in [0.3, 0.4) is 0 Å². The number of nitrogens with zero attached hydrogens (tertiary/aromatic N) is 3. The summed E-state index contributed by atoms with van der Waals surface area (Å²) in [4.78, 5) is 16.6. The van der Waals surface area contributed by atoms with E-state index in [0.29, 0.717) is 21.2 Å². The van der Waals surface area contributed by atoms with Gasteiger partial charge in [0.2, 0.25) is 0 Å². The third kappa shape index (κ3) is 4.55. The normalized spacial score (nSPS) is 11.9. The number of aromatic nitrogens is 3. The predicted octanol–water partition coefficient (Wildman–Crippen LogP) is 4.64. The standard InChI is InChI=1S/C16H15F3N4OS2/c1-9-7-12(22-23(9)2)14(24)20-10-3-4-11-13(8-10)26-15(21-11)25-6-5-16(17,18)19/h3-4,7-8H,5-6H2,1-2H3,(H,20,24). The van der Waals surface area contributed by atoms with Gasteiger partial charge in [0.15, 0.2) is 10.0 Å². The van der Waals surface area contributed by atoms with Crippen molar-refractivity contribution in [1.29, 1.82) is 0 Å². The molecule has 0 aliphatic heterocycles. The average molecular weight is 400 g/mol. The van der Waals surface area contributed by atoms with Gasteiger partial charge >= 0.3 is 6.18 Å². The number of amides is 1. The first-order valence-corrected chi connectivity index (χ1v) is 9.43. The zero-order chi connectivity index (χ0) is 18.9. The van der Waals surface area contributed by atoms with Crippen LogP contribution >= 0.6 is 23.1 Å². The number of nitrogens with one attached hydrogen (secondary N) is 1. The lowest BCUT2D eigenvalue weighted by Crippen LogP contribution is -2.12. The Bertz CT molecular complexity index is 929. The molecule has 0 atom stereocenters. The van der Waals surface area contributed by atoms with Gasteiger partial charge in [0.25, 0.3) is 5.91 Å². The Morgan fingerprint density at radius 2 is 2.12 bits per heavy atom. The lowest BCUT2D eigenvalue weighted by Gasteiger charge is -2.03. The van der Waals surface area contributed by atoms with Crippen LogP contribution in [0.1, 0.15) is 22.6 Å². The van der Waals surface area contributed by atoms with Gasteiger partial charge in [-0.1, -0.05) is 11.8 Å². The molecule has 2 heterocycles. The molecule has 0 radical (unpaired) electrons. The maximum Gasteiger partial charge on any atom is 0.389 e. The molecule has 0 aliphatic rings. The van der Waals surface area contributed by atoms with Gasteiger partial charge in [-0.15, -0.1) is 11.3 Å². The number of alkyl halides is 3. The van der Waals surface area contributed by atoms with E-state index in [4.69, 9.17) is 0 Å². The van der Waals surface area contributed by atoms with Gasteiger partial charge in [-0.25, -0.2) is 4.98 Å². The Hall–Kier alpha value is -2.07. The molecule has 0 aliphatic carbocycles. The maximum absolute atomic E-state index is 12.2. The summed E-state index contributed by atoms with van der Waals surface area (Å²) in [5.41, 5.74) is 2.46. The molecule has 138 valence electrons. The highest BCUT2D eigenvalue weighted by Crippen LogP contribution is 2.33. The summed E-state index contributed by atoms with van der Waals surface area (Å²) in [6, 6.07) is 6.89. The molecular formula is C16H15F3N4OS2. The van der Waals surface area contributed by atoms with E-state index in [1.54, 1.807) is 36.0 Å². The van der Waals surface area contributed by atoms with Gasteiger partial charge in [-0.05, 0) is 31.2 Å². The zero-order valence-corrected chi connectivity index (χ0v) is 15.6. The minimum absolute atomic E-state index is 0.0635. The number of thioether (sulfide) groups is 1. The molecule has 26 heavy (non-hydrogen) atoms. The van der Waals surface area contributed by atoms with E-state index >= 15 is 0 Å². The average Bonchev–Trinajstić information content (AvgIpc) is 3.09. The van der Waals surface area contributed by atoms with E-state index < -0.39 is 12.6 Å². The topological polar surface area (TPSA) is 59.8 Å². The largest absolute Gasteiger partial charge is 0.389 e. The Morgan fingerprint density at radius 1 is 1.35 bits per heavy atom. The number of carbonyl (C=O) groups is 1. The molecule has 3 aromatic rings. The Kier molecular flexibility index (Phi) is 5.24. The SMILES string of the molecule is Cc1cc(C(=O)Nc2ccc3nc(SCCC(F)(F)F)sc3c2)nn1C. The van der Waals surface area contributed by atoms with Gasteiger partial charge in [-0.3, -0.25) is 9.48 Å². The van der Waals surface area contributed by atoms with Crippen LogP contribution in [-0.2, 0) is 7.05 Å². The number of anilines is 1. The molecule has 0 spiro atoms. The molecule has 1 N–H and O–H groups in total. The summed E-state index contributed by atoms with van der Waals surface area (Å²) in [7, 11) is 1.76. The molecule has 0 unspecified atom stereocenters. The van der Waals surface area contributed by atoms with E-state index in [0.717, 1.165) is 22.2 Å². The number of carbonyl (C=O) groups excluding carboxylic acids is 1. The highest BCUT2D eigenvalue weighted by atomic mass is 32.2. The van der Waals surface area contributed by atoms with Crippen LogP contribution < -0.4 is 5.32 Å². The summed E-state index contributed by atoms with van der Waals surface area (Å²) in [6.45, 7) is 1.85. The number of rotatable bonds is 5. The monoisotopic (exact) mass is 400 g/mol. The molecule has 0 saturated carbocycles. The number of hydrogen-bond acceptors (Lipinski definition) is 5. The van der Waals surface area contributed by atoms with E-state index in [1.165, 1.54) is 11.3 Å². The Labute approximate surface area is 155 Å². The summed E-state index contributed by atoms with van der Waals surface area (Å²) in [6.07, 6.45) is -5.01. The fraction of sp³-hybridized carbons (Fsp3) is 0.312. The molecule has 0 bridgehead atoms. The van der Waals surface area contributed by atoms with Crippen molar-refractivity contribution in [2.24, 2.45) is 7.05 Å². The molecule has 1 amide bonds. The minimum atomic E-state index is -4.16. The summed E-state index contributed by atoms with van der Waals surface area (Å²) in [5, 5.41) is 6.90. The molecule has 3 rings (SSSR count). The molecule has 2 aromatic heterocycles. The number of thiazole rings is 1. The van der Waals surface area contributed by atoms with Gasteiger partial charge in [0, 0.05) is 24.2 Å². The van der Waals surface area contributed by atoms with Crippen molar-refractivity contribution in [1.82, 2.24) is 14.8 Å². The fourth-order valence-corrected chi connectivity index (χ4v) is 4.33. The number of aryl methyl sites for hydroxylation is 2. The summed E-state index contributed by atoms with van der Waals surface area (Å²) < 4.78 is 39.7. The molecule has 0 fully saturated rings. The highest BCUT2D eigenvalue weighted by molar-refractivity contribution is 8.01. The third-order valence-corrected chi connectivity index (χ3v) is 5.75. The van der Waals surface area contributed by atoms with E-state index in [2.05, 4.69) is 15.4 Å². The number of halogens is 3. The molecular weight excluding hydrogens is 385 g/mol. The Balaban J connectivity index is 1.69. The molecule has 0 saturated heterocycles. The van der Waals surface area contributed by atoms with Crippen LogP contribution in [0.2, 0.25) is 0 Å². The van der Waals surface area contributed by atoms with Gasteiger partial charge in [-0.2, -0.15) is 18.3 Å². The van der Waals surface area contributed by atoms with Crippen LogP contribution in [0.15, 0.2) is 28.6 Å². The first-order valence-electron chi connectivity index (χ1n) is 7.63.